The molecule has 2 atom stereocenters. The maximum Gasteiger partial charge on any atom is 0.223 e. The van der Waals surface area contributed by atoms with Gasteiger partial charge in [-0.1, -0.05) is 17.7 Å². The number of nitrogens with one attached hydrogen (secondary N) is 1. The molecule has 2 aliphatic heterocycles. The van der Waals surface area contributed by atoms with Crippen molar-refractivity contribution >= 4 is 30.1 Å². The maximum absolute atomic E-state index is 12.4. The number of hydrogen-bond acceptors (Lipinski definition) is 3. The van der Waals surface area contributed by atoms with Gasteiger partial charge in [-0.25, -0.2) is 0 Å². The standard InChI is InChI=1S/C18H26N2OS.ClH/c1-14-2-4-17(5-3-14)22-11-8-18(21)20-9-6-15-12-19-13-16(15)7-10-20;/h2-5,15-16,19H,6-13H2,1H3;1H/t15-,16+;. The van der Waals surface area contributed by atoms with Gasteiger partial charge in [0, 0.05) is 30.2 Å². The first kappa shape index (κ1) is 18.6. The van der Waals surface area contributed by atoms with E-state index in [1.165, 1.54) is 23.3 Å². The Morgan fingerprint density at radius 3 is 2.39 bits per heavy atom. The third kappa shape index (κ3) is 5.13. The molecule has 0 radical (unpaired) electrons. The second kappa shape index (κ2) is 8.95. The number of likely N-dealkylation sites (tertiary alicyclic amines) is 1. The van der Waals surface area contributed by atoms with E-state index in [1.807, 2.05) is 0 Å². The van der Waals surface area contributed by atoms with Crippen LogP contribution >= 0.6 is 24.2 Å². The lowest BCUT2D eigenvalue weighted by Gasteiger charge is -2.20. The SMILES string of the molecule is Cc1ccc(SCCC(=O)N2CC[C@@H]3CNC[C@@H]3CC2)cc1.Cl. The lowest BCUT2D eigenvalue weighted by molar-refractivity contribution is -0.130. The van der Waals surface area contributed by atoms with Gasteiger partial charge in [-0.15, -0.1) is 24.2 Å². The van der Waals surface area contributed by atoms with E-state index < -0.39 is 0 Å². The van der Waals surface area contributed by atoms with E-state index >= 15 is 0 Å². The molecule has 1 amide bonds. The van der Waals surface area contributed by atoms with Crippen molar-refractivity contribution in [1.82, 2.24) is 10.2 Å². The van der Waals surface area contributed by atoms with Gasteiger partial charge in [0.05, 0.1) is 0 Å². The molecule has 3 nitrogen and oxygen atoms in total. The van der Waals surface area contributed by atoms with Crippen LogP contribution in [0.3, 0.4) is 0 Å². The Morgan fingerprint density at radius 2 is 1.78 bits per heavy atom. The summed E-state index contributed by atoms with van der Waals surface area (Å²) in [5.74, 6) is 2.80. The third-order valence-electron chi connectivity index (χ3n) is 4.98. The summed E-state index contributed by atoms with van der Waals surface area (Å²) >= 11 is 1.79. The van der Waals surface area contributed by atoms with E-state index in [0.29, 0.717) is 12.3 Å². The van der Waals surface area contributed by atoms with Gasteiger partial charge in [0.25, 0.3) is 0 Å². The van der Waals surface area contributed by atoms with Crippen LogP contribution in [0.5, 0.6) is 0 Å². The van der Waals surface area contributed by atoms with Gasteiger partial charge in [0.2, 0.25) is 5.91 Å². The fraction of sp³-hybridized carbons (Fsp3) is 0.611. The Hall–Kier alpha value is -0.710. The molecule has 2 saturated heterocycles. The predicted octanol–water partition coefficient (Wildman–Crippen LogP) is 3.36. The second-order valence-electron chi connectivity index (χ2n) is 6.55. The van der Waals surface area contributed by atoms with Crippen LogP contribution in [-0.2, 0) is 4.79 Å². The molecular weight excluding hydrogens is 328 g/mol. The molecule has 5 heteroatoms. The van der Waals surface area contributed by atoms with E-state index in [1.54, 1.807) is 11.8 Å². The molecular formula is C18H27ClN2OS. The van der Waals surface area contributed by atoms with E-state index in [2.05, 4.69) is 41.4 Å². The Kier molecular flexibility index (Phi) is 7.25. The van der Waals surface area contributed by atoms with Crippen molar-refractivity contribution in [3.63, 3.8) is 0 Å². The summed E-state index contributed by atoms with van der Waals surface area (Å²) in [7, 11) is 0. The number of benzene rings is 1. The van der Waals surface area contributed by atoms with Crippen LogP contribution in [0.25, 0.3) is 0 Å². The van der Waals surface area contributed by atoms with Crippen LogP contribution in [0, 0.1) is 18.8 Å². The van der Waals surface area contributed by atoms with E-state index in [0.717, 1.165) is 43.8 Å². The molecule has 0 aromatic heterocycles. The number of thioether (sulfide) groups is 1. The summed E-state index contributed by atoms with van der Waals surface area (Å²) in [6.45, 7) is 6.31. The molecule has 1 N–H and O–H groups in total. The highest BCUT2D eigenvalue weighted by Crippen LogP contribution is 2.27. The summed E-state index contributed by atoms with van der Waals surface area (Å²) in [4.78, 5) is 15.8. The highest BCUT2D eigenvalue weighted by Gasteiger charge is 2.31. The van der Waals surface area contributed by atoms with Crippen molar-refractivity contribution < 1.29 is 4.79 Å². The van der Waals surface area contributed by atoms with E-state index in [9.17, 15) is 4.79 Å². The Bertz CT molecular complexity index is 494. The minimum absolute atomic E-state index is 0. The van der Waals surface area contributed by atoms with Crippen molar-refractivity contribution in [2.45, 2.75) is 31.1 Å². The number of halogens is 1. The molecule has 2 fully saturated rings. The van der Waals surface area contributed by atoms with Gasteiger partial charge >= 0.3 is 0 Å². The van der Waals surface area contributed by atoms with Gasteiger partial charge in [0.15, 0.2) is 0 Å². The van der Waals surface area contributed by atoms with Crippen molar-refractivity contribution in [1.29, 1.82) is 0 Å². The van der Waals surface area contributed by atoms with Gasteiger partial charge in [0.1, 0.15) is 0 Å². The number of carbonyl (C=O) groups is 1. The van der Waals surface area contributed by atoms with Crippen LogP contribution in [0.15, 0.2) is 29.2 Å². The van der Waals surface area contributed by atoms with Crippen LogP contribution in [0.1, 0.15) is 24.8 Å². The van der Waals surface area contributed by atoms with Crippen molar-refractivity contribution in [2.24, 2.45) is 11.8 Å². The largest absolute Gasteiger partial charge is 0.343 e. The van der Waals surface area contributed by atoms with Gasteiger partial charge in [-0.05, 0) is 56.8 Å². The minimum Gasteiger partial charge on any atom is -0.343 e. The topological polar surface area (TPSA) is 32.3 Å². The molecule has 1 aromatic carbocycles. The zero-order valence-corrected chi connectivity index (χ0v) is 15.4. The van der Waals surface area contributed by atoms with Crippen molar-refractivity contribution in [2.75, 3.05) is 31.9 Å². The van der Waals surface area contributed by atoms with Gasteiger partial charge in [-0.3, -0.25) is 4.79 Å². The molecule has 2 heterocycles. The highest BCUT2D eigenvalue weighted by molar-refractivity contribution is 7.99. The highest BCUT2D eigenvalue weighted by atomic mass is 35.5. The Balaban J connectivity index is 0.00000192. The smallest absolute Gasteiger partial charge is 0.223 e. The molecule has 0 aliphatic carbocycles. The molecule has 0 unspecified atom stereocenters. The number of fused-ring (bicyclic) bond motifs is 1. The molecule has 128 valence electrons. The zero-order chi connectivity index (χ0) is 15.4. The van der Waals surface area contributed by atoms with Gasteiger partial charge in [-0.2, -0.15) is 0 Å². The molecule has 0 spiro atoms. The first-order chi connectivity index (χ1) is 10.7. The summed E-state index contributed by atoms with van der Waals surface area (Å²) in [5.41, 5.74) is 1.28. The predicted molar refractivity (Wildman–Crippen MR) is 99.4 cm³/mol. The lowest BCUT2D eigenvalue weighted by atomic mass is 9.92. The molecule has 3 rings (SSSR count). The average Bonchev–Trinajstić information content (AvgIpc) is 2.87. The van der Waals surface area contributed by atoms with Crippen LogP contribution < -0.4 is 5.32 Å². The third-order valence-corrected chi connectivity index (χ3v) is 5.99. The quantitative estimate of drug-likeness (QED) is 0.841. The fourth-order valence-corrected chi connectivity index (χ4v) is 4.36. The van der Waals surface area contributed by atoms with Crippen LogP contribution in [0.4, 0.5) is 0 Å². The number of hydrogen-bond donors (Lipinski definition) is 1. The molecule has 1 aromatic rings. The van der Waals surface area contributed by atoms with Crippen LogP contribution in [-0.4, -0.2) is 42.7 Å². The lowest BCUT2D eigenvalue weighted by Crippen LogP contribution is -2.32. The first-order valence-corrected chi connectivity index (χ1v) is 9.39. The van der Waals surface area contributed by atoms with Crippen LogP contribution in [0.2, 0.25) is 0 Å². The normalized spacial score (nSPS) is 23.8. The molecule has 2 aliphatic rings. The summed E-state index contributed by atoms with van der Waals surface area (Å²) in [6, 6.07) is 8.55. The Labute approximate surface area is 150 Å². The molecule has 0 saturated carbocycles. The first-order valence-electron chi connectivity index (χ1n) is 8.40. The second-order valence-corrected chi connectivity index (χ2v) is 7.72. The number of amides is 1. The average molecular weight is 355 g/mol. The van der Waals surface area contributed by atoms with Crippen molar-refractivity contribution in [3.05, 3.63) is 29.8 Å². The fourth-order valence-electron chi connectivity index (χ4n) is 3.52. The van der Waals surface area contributed by atoms with E-state index in [4.69, 9.17) is 0 Å². The number of nitrogens with zero attached hydrogens (tertiary/aromatic N) is 1. The Morgan fingerprint density at radius 1 is 1.17 bits per heavy atom. The monoisotopic (exact) mass is 354 g/mol. The zero-order valence-electron chi connectivity index (χ0n) is 13.8. The maximum atomic E-state index is 12.4. The number of carbonyl (C=O) groups excluding carboxylic acids is 1. The van der Waals surface area contributed by atoms with Gasteiger partial charge < -0.3 is 10.2 Å². The molecule has 0 bridgehead atoms. The minimum atomic E-state index is 0. The number of rotatable bonds is 4. The summed E-state index contributed by atoms with van der Waals surface area (Å²) < 4.78 is 0. The number of aryl methyl sites for hydroxylation is 1. The summed E-state index contributed by atoms with van der Waals surface area (Å²) in [5, 5.41) is 3.49. The summed E-state index contributed by atoms with van der Waals surface area (Å²) in [6.07, 6.45) is 3.01. The van der Waals surface area contributed by atoms with E-state index in [-0.39, 0.29) is 12.4 Å². The van der Waals surface area contributed by atoms with Crippen molar-refractivity contribution in [3.8, 4) is 0 Å². The molecule has 23 heavy (non-hydrogen) atoms.